The van der Waals surface area contributed by atoms with Gasteiger partial charge in [0.1, 0.15) is 5.54 Å². The molecule has 0 radical (unpaired) electrons. The summed E-state index contributed by atoms with van der Waals surface area (Å²) >= 11 is 1.48. The van der Waals surface area contributed by atoms with Gasteiger partial charge in [-0.1, -0.05) is 13.8 Å². The molecule has 0 saturated carbocycles. The van der Waals surface area contributed by atoms with Gasteiger partial charge in [0.2, 0.25) is 0 Å². The number of nitrogens with one attached hydrogen (secondary N) is 1. The topological polar surface area (TPSA) is 52.9 Å². The molecule has 0 aliphatic heterocycles. The molecule has 4 heteroatoms. The summed E-state index contributed by atoms with van der Waals surface area (Å²) < 4.78 is 0. The maximum absolute atomic E-state index is 11.9. The van der Waals surface area contributed by atoms with Crippen LogP contribution in [0.2, 0.25) is 0 Å². The standard InChI is InChI=1S/C12H16N2OS/c1-4-9-6-7-10(16-9)11(15)14-12(3,5-2)8-13/h6-7H,4-5H2,1-3H3,(H,14,15). The number of nitrogens with zero attached hydrogens (tertiary/aromatic N) is 1. The number of aryl methyl sites for hydroxylation is 1. The number of hydrogen-bond donors (Lipinski definition) is 1. The third-order valence-electron chi connectivity index (χ3n) is 2.58. The summed E-state index contributed by atoms with van der Waals surface area (Å²) in [5, 5.41) is 11.7. The summed E-state index contributed by atoms with van der Waals surface area (Å²) in [5.41, 5.74) is -0.770. The van der Waals surface area contributed by atoms with E-state index in [1.165, 1.54) is 16.2 Å². The van der Waals surface area contributed by atoms with Crippen LogP contribution in [0.25, 0.3) is 0 Å². The second-order valence-corrected chi connectivity index (χ2v) is 5.04. The van der Waals surface area contributed by atoms with Crippen molar-refractivity contribution in [3.63, 3.8) is 0 Å². The monoisotopic (exact) mass is 236 g/mol. The molecule has 0 spiro atoms. The molecule has 3 nitrogen and oxygen atoms in total. The molecule has 0 fully saturated rings. The molecule has 0 aliphatic carbocycles. The number of rotatable bonds is 4. The molecule has 1 N–H and O–H groups in total. The lowest BCUT2D eigenvalue weighted by Gasteiger charge is -2.20. The van der Waals surface area contributed by atoms with E-state index in [-0.39, 0.29) is 5.91 Å². The molecule has 1 aromatic heterocycles. The predicted octanol–water partition coefficient (Wildman–Crippen LogP) is 2.73. The minimum atomic E-state index is -0.770. The van der Waals surface area contributed by atoms with Crippen molar-refractivity contribution in [2.24, 2.45) is 0 Å². The molecule has 1 atom stereocenters. The van der Waals surface area contributed by atoms with Gasteiger partial charge in [0.15, 0.2) is 0 Å². The van der Waals surface area contributed by atoms with E-state index in [1.54, 1.807) is 6.92 Å². The molecular weight excluding hydrogens is 220 g/mol. The van der Waals surface area contributed by atoms with Crippen LogP contribution in [0.4, 0.5) is 0 Å². The number of hydrogen-bond acceptors (Lipinski definition) is 3. The van der Waals surface area contributed by atoms with E-state index < -0.39 is 5.54 Å². The first-order valence-electron chi connectivity index (χ1n) is 5.37. The van der Waals surface area contributed by atoms with Gasteiger partial charge in [-0.2, -0.15) is 5.26 Å². The van der Waals surface area contributed by atoms with E-state index in [0.29, 0.717) is 11.3 Å². The number of carbonyl (C=O) groups is 1. The Morgan fingerprint density at radius 3 is 2.69 bits per heavy atom. The van der Waals surface area contributed by atoms with Crippen LogP contribution in [0.3, 0.4) is 0 Å². The Bertz CT molecular complexity index is 419. The Morgan fingerprint density at radius 2 is 2.25 bits per heavy atom. The van der Waals surface area contributed by atoms with Crippen LogP contribution < -0.4 is 5.32 Å². The first kappa shape index (κ1) is 12.7. The van der Waals surface area contributed by atoms with E-state index in [0.717, 1.165) is 6.42 Å². The molecule has 1 heterocycles. The third-order valence-corrected chi connectivity index (χ3v) is 3.81. The molecular formula is C12H16N2OS. The van der Waals surface area contributed by atoms with Gasteiger partial charge in [-0.3, -0.25) is 4.79 Å². The summed E-state index contributed by atoms with van der Waals surface area (Å²) in [5.74, 6) is -0.157. The molecule has 1 aromatic rings. The van der Waals surface area contributed by atoms with Gasteiger partial charge < -0.3 is 5.32 Å². The molecule has 1 rings (SSSR count). The van der Waals surface area contributed by atoms with Crippen LogP contribution in [0.5, 0.6) is 0 Å². The van der Waals surface area contributed by atoms with Gasteiger partial charge in [0, 0.05) is 4.88 Å². The Kier molecular flexibility index (Phi) is 4.08. The summed E-state index contributed by atoms with van der Waals surface area (Å²) in [6.07, 6.45) is 1.53. The van der Waals surface area contributed by atoms with E-state index in [4.69, 9.17) is 5.26 Å². The lowest BCUT2D eigenvalue weighted by molar-refractivity contribution is 0.0927. The SMILES string of the molecule is CCc1ccc(C(=O)NC(C)(C#N)CC)s1. The zero-order valence-corrected chi connectivity index (χ0v) is 10.6. The number of carbonyl (C=O) groups excluding carboxylic acids is 1. The highest BCUT2D eigenvalue weighted by atomic mass is 32.1. The molecule has 0 bridgehead atoms. The number of thiophene rings is 1. The summed E-state index contributed by atoms with van der Waals surface area (Å²) in [6.45, 7) is 5.67. The smallest absolute Gasteiger partial charge is 0.262 e. The number of nitriles is 1. The van der Waals surface area contributed by atoms with Crippen molar-refractivity contribution in [3.8, 4) is 6.07 Å². The van der Waals surface area contributed by atoms with E-state index >= 15 is 0 Å². The predicted molar refractivity (Wildman–Crippen MR) is 65.5 cm³/mol. The second-order valence-electron chi connectivity index (χ2n) is 3.87. The largest absolute Gasteiger partial charge is 0.333 e. The van der Waals surface area contributed by atoms with Crippen LogP contribution in [0.15, 0.2) is 12.1 Å². The van der Waals surface area contributed by atoms with Crippen molar-refractivity contribution >= 4 is 17.2 Å². The van der Waals surface area contributed by atoms with Crippen molar-refractivity contribution in [2.45, 2.75) is 39.2 Å². The maximum atomic E-state index is 11.9. The van der Waals surface area contributed by atoms with Crippen molar-refractivity contribution in [1.29, 1.82) is 5.26 Å². The van der Waals surface area contributed by atoms with Gasteiger partial charge in [-0.05, 0) is 31.9 Å². The maximum Gasteiger partial charge on any atom is 0.262 e. The van der Waals surface area contributed by atoms with E-state index in [9.17, 15) is 4.79 Å². The molecule has 0 aliphatic rings. The lowest BCUT2D eigenvalue weighted by Crippen LogP contribution is -2.43. The second kappa shape index (κ2) is 5.13. The van der Waals surface area contributed by atoms with Crippen molar-refractivity contribution < 1.29 is 4.79 Å². The third kappa shape index (κ3) is 2.83. The van der Waals surface area contributed by atoms with Gasteiger partial charge in [0.25, 0.3) is 5.91 Å². The van der Waals surface area contributed by atoms with Crippen LogP contribution >= 0.6 is 11.3 Å². The van der Waals surface area contributed by atoms with Crippen LogP contribution in [0.1, 0.15) is 41.7 Å². The zero-order chi connectivity index (χ0) is 12.2. The van der Waals surface area contributed by atoms with Crippen LogP contribution in [-0.4, -0.2) is 11.4 Å². The minimum Gasteiger partial charge on any atom is -0.333 e. The highest BCUT2D eigenvalue weighted by molar-refractivity contribution is 7.14. The summed E-state index contributed by atoms with van der Waals surface area (Å²) in [6, 6.07) is 5.89. The lowest BCUT2D eigenvalue weighted by atomic mass is 10.0. The number of amides is 1. The fourth-order valence-corrected chi connectivity index (χ4v) is 2.04. The molecule has 16 heavy (non-hydrogen) atoms. The van der Waals surface area contributed by atoms with Gasteiger partial charge >= 0.3 is 0 Å². The Labute approximate surface area is 100 Å². The average Bonchev–Trinajstić information content (AvgIpc) is 2.77. The fraction of sp³-hybridized carbons (Fsp3) is 0.500. The van der Waals surface area contributed by atoms with Gasteiger partial charge in [-0.25, -0.2) is 0 Å². The normalized spacial score (nSPS) is 13.9. The zero-order valence-electron chi connectivity index (χ0n) is 9.83. The molecule has 1 unspecified atom stereocenters. The molecule has 86 valence electrons. The minimum absolute atomic E-state index is 0.157. The Morgan fingerprint density at radius 1 is 1.56 bits per heavy atom. The van der Waals surface area contributed by atoms with Crippen molar-refractivity contribution in [1.82, 2.24) is 5.32 Å². The summed E-state index contributed by atoms with van der Waals surface area (Å²) in [7, 11) is 0. The fourth-order valence-electron chi connectivity index (χ4n) is 1.20. The van der Waals surface area contributed by atoms with Crippen molar-refractivity contribution in [2.75, 3.05) is 0 Å². The van der Waals surface area contributed by atoms with Gasteiger partial charge in [0.05, 0.1) is 10.9 Å². The first-order chi connectivity index (χ1) is 7.54. The van der Waals surface area contributed by atoms with E-state index in [1.807, 2.05) is 19.1 Å². The first-order valence-corrected chi connectivity index (χ1v) is 6.18. The summed E-state index contributed by atoms with van der Waals surface area (Å²) in [4.78, 5) is 13.7. The van der Waals surface area contributed by atoms with Crippen LogP contribution in [-0.2, 0) is 6.42 Å². The van der Waals surface area contributed by atoms with Crippen LogP contribution in [0, 0.1) is 11.3 Å². The van der Waals surface area contributed by atoms with Crippen molar-refractivity contribution in [3.05, 3.63) is 21.9 Å². The Hall–Kier alpha value is -1.34. The Balaban J connectivity index is 2.76. The van der Waals surface area contributed by atoms with E-state index in [2.05, 4.69) is 18.3 Å². The van der Waals surface area contributed by atoms with Gasteiger partial charge in [-0.15, -0.1) is 11.3 Å². The molecule has 0 saturated heterocycles. The average molecular weight is 236 g/mol. The highest BCUT2D eigenvalue weighted by Gasteiger charge is 2.24. The molecule has 1 amide bonds. The highest BCUT2D eigenvalue weighted by Crippen LogP contribution is 2.18. The quantitative estimate of drug-likeness (QED) is 0.874. The molecule has 0 aromatic carbocycles.